The predicted octanol–water partition coefficient (Wildman–Crippen LogP) is -1.91. The molecule has 6 heavy (non-hydrogen) atoms. The summed E-state index contributed by atoms with van der Waals surface area (Å²) in [5, 5.41) is 0. The Bertz CT molecular complexity index is 15.5. The van der Waals surface area contributed by atoms with Crippen LogP contribution in [0.4, 0.5) is 0 Å². The van der Waals surface area contributed by atoms with E-state index in [1.54, 1.807) is 0 Å². The Labute approximate surface area is 151 Å². The molecule has 0 rings (SSSR count). The van der Waals surface area contributed by atoms with Gasteiger partial charge in [0.15, 0.2) is 0 Å². The van der Waals surface area contributed by atoms with E-state index >= 15 is 0 Å². The fourth-order valence-corrected chi connectivity index (χ4v) is 0. The molecule has 0 aliphatic carbocycles. The fourth-order valence-electron chi connectivity index (χ4n) is 0. The van der Waals surface area contributed by atoms with Gasteiger partial charge in [-0.05, 0) is 0 Å². The normalized spacial score (nSPS) is 0. The van der Waals surface area contributed by atoms with E-state index in [0.717, 1.165) is 0 Å². The van der Waals surface area contributed by atoms with Gasteiger partial charge in [-0.25, -0.2) is 0 Å². The largest absolute Gasteiger partial charge is 0 e. The van der Waals surface area contributed by atoms with Gasteiger partial charge in [-0.15, -0.1) is 0 Å². The van der Waals surface area contributed by atoms with Gasteiger partial charge < -0.3 is 0 Å². The van der Waals surface area contributed by atoms with Gasteiger partial charge in [-0.3, -0.25) is 0 Å². The summed E-state index contributed by atoms with van der Waals surface area (Å²) in [5.74, 6) is 0. The zero-order valence-electron chi connectivity index (χ0n) is 3.18. The van der Waals surface area contributed by atoms with Gasteiger partial charge in [0.05, 0.1) is 0 Å². The van der Waals surface area contributed by atoms with Crippen LogP contribution < -0.4 is 0 Å². The van der Waals surface area contributed by atoms with Gasteiger partial charge in [0.25, 0.3) is 0 Å². The summed E-state index contributed by atoms with van der Waals surface area (Å²) in [6, 6.07) is 0. The van der Waals surface area contributed by atoms with Crippen LogP contribution in [-0.2, 0) is 27.3 Å². The Balaban J connectivity index is 0. The average molecular weight is 884 g/mol. The zero-order valence-corrected chi connectivity index (χ0v) is 23.3. The van der Waals surface area contributed by atoms with Crippen molar-refractivity contribution < 1.29 is 27.3 Å². The van der Waals surface area contributed by atoms with Gasteiger partial charge in [-0.2, -0.15) is 0 Å². The Morgan fingerprint density at radius 3 is 1.00 bits per heavy atom. The van der Waals surface area contributed by atoms with Crippen LogP contribution in [0.2, 0.25) is 0 Å². The molecule has 0 bridgehead atoms. The topological polar surface area (TPSA) is 0 Å². The maximum absolute atomic E-state index is 0. The van der Waals surface area contributed by atoms with Crippen molar-refractivity contribution in [2.24, 2.45) is 0 Å². The van der Waals surface area contributed by atoms with Crippen molar-refractivity contribution in [3.8, 4) is 0 Å². The summed E-state index contributed by atoms with van der Waals surface area (Å²) >= 11 is 0. The summed E-state index contributed by atoms with van der Waals surface area (Å²) in [7, 11) is 0. The zero-order chi connectivity index (χ0) is 0. The molecule has 0 saturated heterocycles. The van der Waals surface area contributed by atoms with Gasteiger partial charge in [-0.1, -0.05) is 0 Å². The standard InChI is InChI=1S/Bi.Cd.In.Pb.Sb.Sn. The van der Waals surface area contributed by atoms with Crippen molar-refractivity contribution in [2.45, 2.75) is 0 Å². The van der Waals surface area contributed by atoms with Crippen molar-refractivity contribution in [1.82, 2.24) is 0 Å². The molecule has 0 saturated carbocycles. The van der Waals surface area contributed by atoms with Crippen molar-refractivity contribution in [2.75, 3.05) is 0 Å². The van der Waals surface area contributed by atoms with Crippen LogP contribution in [0.5, 0.6) is 0 Å². The van der Waals surface area contributed by atoms with E-state index in [4.69, 9.17) is 0 Å². The van der Waals surface area contributed by atoms with Gasteiger partial charge >= 0.3 is 0 Å². The van der Waals surface area contributed by atoms with Crippen LogP contribution >= 0.6 is 0 Å². The van der Waals surface area contributed by atoms with Crippen LogP contribution in [0, 0.1) is 0 Å². The summed E-state index contributed by atoms with van der Waals surface area (Å²) in [6.07, 6.45) is 0. The molecule has 0 fully saturated rings. The summed E-state index contributed by atoms with van der Waals surface area (Å²) < 4.78 is 0. The molecule has 17 radical (unpaired) electrons. The van der Waals surface area contributed by atoms with Crippen LogP contribution in [-0.4, -0.2) is 128 Å². The number of rotatable bonds is 0. The molecule has 0 N–H and O–H groups in total. The van der Waals surface area contributed by atoms with Crippen LogP contribution in [0.1, 0.15) is 0 Å². The molecule has 0 spiro atoms. The Morgan fingerprint density at radius 1 is 1.00 bits per heavy atom. The average Bonchev–Trinajstić information content (AvgIpc) is 0. The second kappa shape index (κ2) is 31.9. The molecule has 23 valence electrons. The Kier molecular flexibility index (Phi) is 229. The molecule has 6 heteroatoms. The summed E-state index contributed by atoms with van der Waals surface area (Å²) in [6.45, 7) is 0. The SMILES string of the molecule is [Bi].[Cd].[In].[Pb].[Sb].[Sn]. The first-order valence-electron chi connectivity index (χ1n) is 0. The Morgan fingerprint density at radius 2 is 1.00 bits per heavy atom. The second-order valence-corrected chi connectivity index (χ2v) is 0. The first-order chi connectivity index (χ1) is 0. The number of hydrogen-bond acceptors (Lipinski definition) is 0. The minimum absolute atomic E-state index is 0. The van der Waals surface area contributed by atoms with Crippen LogP contribution in [0.3, 0.4) is 0 Å². The van der Waals surface area contributed by atoms with Crippen molar-refractivity contribution in [1.29, 1.82) is 0 Å². The van der Waals surface area contributed by atoms with Crippen molar-refractivity contribution in [3.63, 3.8) is 0 Å². The monoisotopic (exact) mass is 887 g/mol. The summed E-state index contributed by atoms with van der Waals surface area (Å²) in [4.78, 5) is 0. The molecule has 0 aromatic rings. The maximum atomic E-state index is 0. The van der Waals surface area contributed by atoms with E-state index in [1.165, 1.54) is 0 Å². The molecule has 0 aliphatic rings. The van der Waals surface area contributed by atoms with Gasteiger partial charge in [0.2, 0.25) is 0 Å². The van der Waals surface area contributed by atoms with E-state index < -0.39 is 0 Å². The molecule has 0 aromatic heterocycles. The molecule has 0 nitrogen and oxygen atoms in total. The van der Waals surface area contributed by atoms with E-state index in [2.05, 4.69) is 0 Å². The molecule has 0 heterocycles. The van der Waals surface area contributed by atoms with Crippen LogP contribution in [0.15, 0.2) is 0 Å². The smallest absolute Gasteiger partial charge is 0 e. The molecular weight excluding hydrogens is 884 g/mol. The molecular formula is BiCdInPbSbSn. The van der Waals surface area contributed by atoms with E-state index in [9.17, 15) is 0 Å². The third-order valence-corrected chi connectivity index (χ3v) is 0. The second-order valence-electron chi connectivity index (χ2n) is 0. The Hall–Kier alpha value is 5.21. The van der Waals surface area contributed by atoms with Crippen molar-refractivity contribution in [3.05, 3.63) is 0 Å². The van der Waals surface area contributed by atoms with Crippen molar-refractivity contribution >= 4 is 128 Å². The van der Waals surface area contributed by atoms with Gasteiger partial charge in [0.1, 0.15) is 0 Å². The minimum atomic E-state index is 0. The van der Waals surface area contributed by atoms with Gasteiger partial charge in [0, 0.05) is 155 Å². The van der Waals surface area contributed by atoms with E-state index in [-0.39, 0.29) is 155 Å². The minimum Gasteiger partial charge on any atom is 0 e. The molecule has 0 unspecified atom stereocenters. The predicted molar refractivity (Wildman–Crippen MR) is 28.8 cm³/mol. The maximum Gasteiger partial charge on any atom is 0 e. The van der Waals surface area contributed by atoms with E-state index in [0.29, 0.717) is 0 Å². The quantitative estimate of drug-likeness (QED) is 0.250. The third-order valence-electron chi connectivity index (χ3n) is 0. The van der Waals surface area contributed by atoms with Crippen LogP contribution in [0.25, 0.3) is 0 Å². The molecule has 0 aliphatic heterocycles. The van der Waals surface area contributed by atoms with E-state index in [1.807, 2.05) is 0 Å². The third kappa shape index (κ3) is 22.9. The fraction of sp³-hybridized carbons (Fsp3) is 0. The molecule has 0 aromatic carbocycles. The molecule has 0 amide bonds. The first-order valence-corrected chi connectivity index (χ1v) is 0. The molecule has 0 atom stereocenters. The number of hydrogen-bond donors (Lipinski definition) is 0. The first kappa shape index (κ1) is 43.0. The summed E-state index contributed by atoms with van der Waals surface area (Å²) in [5.41, 5.74) is 0.